The highest BCUT2D eigenvalue weighted by molar-refractivity contribution is 8.00. The summed E-state index contributed by atoms with van der Waals surface area (Å²) in [6.45, 7) is 5.33. The van der Waals surface area contributed by atoms with Crippen molar-refractivity contribution in [3.8, 4) is 0 Å². The Balaban J connectivity index is 1.89. The summed E-state index contributed by atoms with van der Waals surface area (Å²) in [6.07, 6.45) is 1.23. The normalized spacial score (nSPS) is 33.8. The maximum atomic E-state index is 11.7. The van der Waals surface area contributed by atoms with E-state index in [2.05, 4.69) is 17.1 Å². The SMILES string of the molecule is CC1CSCC(=O)N1CC1CCNC1. The molecule has 0 spiro atoms. The molecule has 0 radical (unpaired) electrons. The van der Waals surface area contributed by atoms with Crippen LogP contribution in [0, 0.1) is 5.92 Å². The highest BCUT2D eigenvalue weighted by Gasteiger charge is 2.28. The third kappa shape index (κ3) is 2.23. The summed E-state index contributed by atoms with van der Waals surface area (Å²) in [6, 6.07) is 0.432. The topological polar surface area (TPSA) is 32.3 Å². The van der Waals surface area contributed by atoms with Gasteiger partial charge in [-0.15, -0.1) is 11.8 Å². The number of thioether (sulfide) groups is 1. The summed E-state index contributed by atoms with van der Waals surface area (Å²) in [5.74, 6) is 2.81. The molecule has 0 bridgehead atoms. The largest absolute Gasteiger partial charge is 0.338 e. The quantitative estimate of drug-likeness (QED) is 0.729. The van der Waals surface area contributed by atoms with Crippen LogP contribution in [-0.4, -0.2) is 48.0 Å². The molecule has 3 nitrogen and oxygen atoms in total. The molecule has 1 N–H and O–H groups in total. The van der Waals surface area contributed by atoms with Gasteiger partial charge in [-0.05, 0) is 32.4 Å². The van der Waals surface area contributed by atoms with E-state index in [1.165, 1.54) is 6.42 Å². The van der Waals surface area contributed by atoms with Crippen molar-refractivity contribution in [2.24, 2.45) is 5.92 Å². The van der Waals surface area contributed by atoms with Gasteiger partial charge < -0.3 is 10.2 Å². The average Bonchev–Trinajstić information content (AvgIpc) is 2.64. The minimum Gasteiger partial charge on any atom is -0.338 e. The van der Waals surface area contributed by atoms with E-state index in [-0.39, 0.29) is 0 Å². The summed E-state index contributed by atoms with van der Waals surface area (Å²) in [5.41, 5.74) is 0. The first-order valence-electron chi connectivity index (χ1n) is 5.35. The van der Waals surface area contributed by atoms with Crippen LogP contribution in [0.15, 0.2) is 0 Å². The second-order valence-corrected chi connectivity index (χ2v) is 5.30. The van der Waals surface area contributed by atoms with Crippen LogP contribution in [0.5, 0.6) is 0 Å². The second-order valence-electron chi connectivity index (χ2n) is 4.27. The lowest BCUT2D eigenvalue weighted by Crippen LogP contribution is -2.47. The van der Waals surface area contributed by atoms with Gasteiger partial charge in [-0.2, -0.15) is 0 Å². The van der Waals surface area contributed by atoms with E-state index in [4.69, 9.17) is 0 Å². The van der Waals surface area contributed by atoms with Crippen LogP contribution in [0.25, 0.3) is 0 Å². The molecule has 0 aromatic heterocycles. The molecule has 2 rings (SSSR count). The lowest BCUT2D eigenvalue weighted by Gasteiger charge is -2.34. The zero-order chi connectivity index (χ0) is 9.97. The fourth-order valence-corrected chi connectivity index (χ4v) is 3.15. The molecule has 2 fully saturated rings. The molecule has 2 atom stereocenters. The number of amides is 1. The molecular formula is C10H18N2OS. The van der Waals surface area contributed by atoms with Crippen LogP contribution in [-0.2, 0) is 4.79 Å². The smallest absolute Gasteiger partial charge is 0.232 e. The van der Waals surface area contributed by atoms with Crippen LogP contribution in [0.4, 0.5) is 0 Å². The van der Waals surface area contributed by atoms with Crippen molar-refractivity contribution in [2.45, 2.75) is 19.4 Å². The van der Waals surface area contributed by atoms with Crippen molar-refractivity contribution in [1.29, 1.82) is 0 Å². The maximum absolute atomic E-state index is 11.7. The van der Waals surface area contributed by atoms with Gasteiger partial charge >= 0.3 is 0 Å². The van der Waals surface area contributed by atoms with E-state index in [0.717, 1.165) is 25.4 Å². The number of hydrogen-bond donors (Lipinski definition) is 1. The molecule has 0 aliphatic carbocycles. The predicted molar refractivity (Wildman–Crippen MR) is 59.5 cm³/mol. The van der Waals surface area contributed by atoms with Gasteiger partial charge in [0.05, 0.1) is 5.75 Å². The Labute approximate surface area is 89.6 Å². The van der Waals surface area contributed by atoms with Gasteiger partial charge in [0.1, 0.15) is 0 Å². The highest BCUT2D eigenvalue weighted by atomic mass is 32.2. The van der Waals surface area contributed by atoms with E-state index < -0.39 is 0 Å². The lowest BCUT2D eigenvalue weighted by molar-refractivity contribution is -0.131. The molecular weight excluding hydrogens is 196 g/mol. The Hall–Kier alpha value is -0.220. The maximum Gasteiger partial charge on any atom is 0.232 e. The number of hydrogen-bond acceptors (Lipinski definition) is 3. The zero-order valence-electron chi connectivity index (χ0n) is 8.66. The summed E-state index contributed by atoms with van der Waals surface area (Å²) in [5, 5.41) is 3.35. The summed E-state index contributed by atoms with van der Waals surface area (Å²) >= 11 is 1.77. The molecule has 4 heteroatoms. The van der Waals surface area contributed by atoms with Gasteiger partial charge in [0.2, 0.25) is 5.91 Å². The average molecular weight is 214 g/mol. The predicted octanol–water partition coefficient (Wildman–Crippen LogP) is 0.560. The molecule has 14 heavy (non-hydrogen) atoms. The number of carbonyl (C=O) groups is 1. The molecule has 0 saturated carbocycles. The summed E-state index contributed by atoms with van der Waals surface area (Å²) < 4.78 is 0. The molecule has 2 aliphatic rings. The van der Waals surface area contributed by atoms with Crippen molar-refractivity contribution in [3.05, 3.63) is 0 Å². The van der Waals surface area contributed by atoms with Crippen molar-refractivity contribution in [3.63, 3.8) is 0 Å². The van der Waals surface area contributed by atoms with Gasteiger partial charge in [-0.3, -0.25) is 4.79 Å². The first-order chi connectivity index (χ1) is 6.77. The molecule has 0 aromatic carbocycles. The molecule has 80 valence electrons. The monoisotopic (exact) mass is 214 g/mol. The zero-order valence-corrected chi connectivity index (χ0v) is 9.48. The number of nitrogens with one attached hydrogen (secondary N) is 1. The van der Waals surface area contributed by atoms with Gasteiger partial charge in [0.25, 0.3) is 0 Å². The summed E-state index contributed by atoms with van der Waals surface area (Å²) in [7, 11) is 0. The standard InChI is InChI=1S/C10H18N2OS/c1-8-6-14-7-10(13)12(8)5-9-2-3-11-4-9/h8-9,11H,2-7H2,1H3. The number of carbonyl (C=O) groups excluding carboxylic acids is 1. The van der Waals surface area contributed by atoms with Crippen molar-refractivity contribution >= 4 is 17.7 Å². The molecule has 0 aromatic rings. The van der Waals surface area contributed by atoms with Gasteiger partial charge in [-0.1, -0.05) is 0 Å². The molecule has 2 heterocycles. The molecule has 2 aliphatic heterocycles. The van der Waals surface area contributed by atoms with E-state index >= 15 is 0 Å². The van der Waals surface area contributed by atoms with E-state index in [1.54, 1.807) is 11.8 Å². The molecule has 2 unspecified atom stereocenters. The van der Waals surface area contributed by atoms with Crippen LogP contribution >= 0.6 is 11.8 Å². The molecule has 1 amide bonds. The first kappa shape index (κ1) is 10.3. The van der Waals surface area contributed by atoms with E-state index in [9.17, 15) is 4.79 Å². The van der Waals surface area contributed by atoms with Gasteiger partial charge in [0.15, 0.2) is 0 Å². The van der Waals surface area contributed by atoms with Gasteiger partial charge in [0, 0.05) is 18.3 Å². The van der Waals surface area contributed by atoms with Crippen LogP contribution < -0.4 is 5.32 Å². The number of nitrogens with zero attached hydrogens (tertiary/aromatic N) is 1. The van der Waals surface area contributed by atoms with E-state index in [0.29, 0.717) is 23.6 Å². The second kappa shape index (κ2) is 4.53. The first-order valence-corrected chi connectivity index (χ1v) is 6.51. The van der Waals surface area contributed by atoms with Crippen molar-refractivity contribution in [2.75, 3.05) is 31.1 Å². The summed E-state index contributed by atoms with van der Waals surface area (Å²) in [4.78, 5) is 13.8. The Morgan fingerprint density at radius 2 is 2.50 bits per heavy atom. The highest BCUT2D eigenvalue weighted by Crippen LogP contribution is 2.20. The van der Waals surface area contributed by atoms with Crippen molar-refractivity contribution < 1.29 is 4.79 Å². The minimum atomic E-state index is 0.334. The van der Waals surface area contributed by atoms with Crippen LogP contribution in [0.1, 0.15) is 13.3 Å². The van der Waals surface area contributed by atoms with Crippen LogP contribution in [0.2, 0.25) is 0 Å². The Morgan fingerprint density at radius 1 is 1.64 bits per heavy atom. The minimum absolute atomic E-state index is 0.334. The third-order valence-electron chi connectivity index (χ3n) is 3.05. The fourth-order valence-electron chi connectivity index (χ4n) is 2.17. The van der Waals surface area contributed by atoms with Crippen LogP contribution in [0.3, 0.4) is 0 Å². The Bertz CT molecular complexity index is 216. The van der Waals surface area contributed by atoms with Crippen molar-refractivity contribution in [1.82, 2.24) is 10.2 Å². The fraction of sp³-hybridized carbons (Fsp3) is 0.900. The number of rotatable bonds is 2. The Morgan fingerprint density at radius 3 is 3.14 bits per heavy atom. The van der Waals surface area contributed by atoms with E-state index in [1.807, 2.05) is 0 Å². The Kier molecular flexibility index (Phi) is 3.34. The third-order valence-corrected chi connectivity index (χ3v) is 4.22. The van der Waals surface area contributed by atoms with Gasteiger partial charge in [-0.25, -0.2) is 0 Å². The lowest BCUT2D eigenvalue weighted by atomic mass is 10.1. The molecule has 2 saturated heterocycles.